The highest BCUT2D eigenvalue weighted by atomic mass is 35.5. The van der Waals surface area contributed by atoms with E-state index in [2.05, 4.69) is 11.4 Å². The number of nitrogens with one attached hydrogen (secondary N) is 1. The van der Waals surface area contributed by atoms with Crippen LogP contribution in [-0.2, 0) is 16.0 Å². The molecule has 118 valence electrons. The van der Waals surface area contributed by atoms with Gasteiger partial charge in [0.25, 0.3) is 0 Å². The maximum atomic E-state index is 12.0. The number of aryl methyl sites for hydroxylation is 1. The highest BCUT2D eigenvalue weighted by Gasteiger charge is 2.21. The van der Waals surface area contributed by atoms with Gasteiger partial charge in [-0.3, -0.25) is 4.79 Å². The van der Waals surface area contributed by atoms with Crippen LogP contribution in [0.25, 0.3) is 0 Å². The molecule has 21 heavy (non-hydrogen) atoms. The van der Waals surface area contributed by atoms with E-state index in [9.17, 15) is 4.79 Å². The first kappa shape index (κ1) is 17.8. The molecule has 4 nitrogen and oxygen atoms in total. The topological polar surface area (TPSA) is 64.3 Å². The van der Waals surface area contributed by atoms with Crippen molar-refractivity contribution in [2.45, 2.75) is 44.6 Å². The Morgan fingerprint density at radius 3 is 3.00 bits per heavy atom. The summed E-state index contributed by atoms with van der Waals surface area (Å²) in [5.74, 6) is 0.135. The van der Waals surface area contributed by atoms with Gasteiger partial charge in [-0.1, -0.05) is 6.07 Å². The molecule has 5 heteroatoms. The van der Waals surface area contributed by atoms with Crippen molar-refractivity contribution < 1.29 is 9.53 Å². The van der Waals surface area contributed by atoms with Crippen LogP contribution in [0, 0.1) is 0 Å². The van der Waals surface area contributed by atoms with Crippen molar-refractivity contribution in [3.8, 4) is 0 Å². The Balaban J connectivity index is 0.00000220. The van der Waals surface area contributed by atoms with Gasteiger partial charge >= 0.3 is 0 Å². The molecule has 0 aliphatic heterocycles. The van der Waals surface area contributed by atoms with Gasteiger partial charge < -0.3 is 15.8 Å². The van der Waals surface area contributed by atoms with E-state index in [4.69, 9.17) is 10.5 Å². The van der Waals surface area contributed by atoms with Crippen LogP contribution in [0.5, 0.6) is 0 Å². The van der Waals surface area contributed by atoms with Crippen LogP contribution < -0.4 is 11.1 Å². The van der Waals surface area contributed by atoms with Gasteiger partial charge in [0.15, 0.2) is 0 Å². The number of hydrogen-bond acceptors (Lipinski definition) is 3. The number of methoxy groups -OCH3 is 1. The van der Waals surface area contributed by atoms with E-state index in [0.29, 0.717) is 6.42 Å². The summed E-state index contributed by atoms with van der Waals surface area (Å²) in [6.45, 7) is 0.721. The molecule has 2 rings (SSSR count). The monoisotopic (exact) mass is 312 g/mol. The third-order valence-corrected chi connectivity index (χ3v) is 3.82. The first-order valence-electron chi connectivity index (χ1n) is 7.37. The van der Waals surface area contributed by atoms with Crippen molar-refractivity contribution in [2.75, 3.05) is 19.5 Å². The highest BCUT2D eigenvalue weighted by molar-refractivity contribution is 5.85. The first-order chi connectivity index (χ1) is 9.70. The van der Waals surface area contributed by atoms with Crippen LogP contribution >= 0.6 is 12.4 Å². The summed E-state index contributed by atoms with van der Waals surface area (Å²) in [5.41, 5.74) is 9.14. The predicted molar refractivity (Wildman–Crippen MR) is 87.7 cm³/mol. The molecule has 0 heterocycles. The van der Waals surface area contributed by atoms with Crippen LogP contribution in [-0.4, -0.2) is 19.6 Å². The lowest BCUT2D eigenvalue weighted by molar-refractivity contribution is -0.122. The highest BCUT2D eigenvalue weighted by Crippen LogP contribution is 2.31. The normalized spacial score (nSPS) is 16.7. The SMILES string of the molecule is COCCCCC(=O)NC1CCCc2cc(N)ccc21.Cl. The second kappa shape index (κ2) is 8.90. The Morgan fingerprint density at radius 2 is 2.24 bits per heavy atom. The molecule has 0 radical (unpaired) electrons. The van der Waals surface area contributed by atoms with E-state index in [1.54, 1.807) is 7.11 Å². The number of nitrogens with two attached hydrogens (primary N) is 1. The molecule has 1 unspecified atom stereocenters. The Morgan fingerprint density at radius 1 is 1.43 bits per heavy atom. The number of fused-ring (bicyclic) bond motifs is 1. The molecule has 1 amide bonds. The number of hydrogen-bond donors (Lipinski definition) is 2. The summed E-state index contributed by atoms with van der Waals surface area (Å²) in [4.78, 5) is 12.0. The minimum atomic E-state index is 0. The van der Waals surface area contributed by atoms with Crippen molar-refractivity contribution in [3.63, 3.8) is 0 Å². The van der Waals surface area contributed by atoms with E-state index in [1.165, 1.54) is 11.1 Å². The maximum absolute atomic E-state index is 12.0. The van der Waals surface area contributed by atoms with Crippen molar-refractivity contribution >= 4 is 24.0 Å². The standard InChI is InChI=1S/C16H24N2O2.ClH/c1-20-10-3-2-7-16(19)18-15-6-4-5-12-11-13(17)8-9-14(12)15;/h8-9,11,15H,2-7,10,17H2,1H3,(H,18,19);1H. The average Bonchev–Trinajstić information content (AvgIpc) is 2.43. The van der Waals surface area contributed by atoms with Gasteiger partial charge in [-0.2, -0.15) is 0 Å². The second-order valence-electron chi connectivity index (χ2n) is 5.42. The molecule has 1 aliphatic rings. The summed E-state index contributed by atoms with van der Waals surface area (Å²) in [5, 5.41) is 3.15. The Labute approximate surface area is 132 Å². The van der Waals surface area contributed by atoms with Gasteiger partial charge in [0, 0.05) is 25.8 Å². The lowest BCUT2D eigenvalue weighted by Gasteiger charge is -2.26. The lowest BCUT2D eigenvalue weighted by atomic mass is 9.87. The fourth-order valence-corrected chi connectivity index (χ4v) is 2.78. The zero-order valence-electron chi connectivity index (χ0n) is 12.6. The minimum absolute atomic E-state index is 0. The van der Waals surface area contributed by atoms with Gasteiger partial charge in [0.2, 0.25) is 5.91 Å². The van der Waals surface area contributed by atoms with Crippen molar-refractivity contribution in [1.29, 1.82) is 0 Å². The number of anilines is 1. The number of unbranched alkanes of at least 4 members (excludes halogenated alkanes) is 1. The number of halogens is 1. The van der Waals surface area contributed by atoms with Crippen molar-refractivity contribution in [2.24, 2.45) is 0 Å². The van der Waals surface area contributed by atoms with Crippen LogP contribution in [0.15, 0.2) is 18.2 Å². The molecule has 0 fully saturated rings. The summed E-state index contributed by atoms with van der Waals surface area (Å²) >= 11 is 0. The molecular formula is C16H25ClN2O2. The minimum Gasteiger partial charge on any atom is -0.399 e. The average molecular weight is 313 g/mol. The molecule has 1 aromatic rings. The molecular weight excluding hydrogens is 288 g/mol. The maximum Gasteiger partial charge on any atom is 0.220 e. The molecule has 3 N–H and O–H groups in total. The number of ether oxygens (including phenoxy) is 1. The van der Waals surface area contributed by atoms with E-state index in [1.807, 2.05) is 12.1 Å². The summed E-state index contributed by atoms with van der Waals surface area (Å²) < 4.78 is 4.99. The molecule has 0 saturated heterocycles. The third kappa shape index (κ3) is 5.21. The number of benzene rings is 1. The second-order valence-corrected chi connectivity index (χ2v) is 5.42. The van der Waals surface area contributed by atoms with E-state index in [0.717, 1.165) is 44.4 Å². The van der Waals surface area contributed by atoms with Crippen LogP contribution in [0.1, 0.15) is 49.3 Å². The van der Waals surface area contributed by atoms with Gasteiger partial charge in [-0.05, 0) is 55.4 Å². The quantitative estimate of drug-likeness (QED) is 0.627. The molecule has 1 aromatic carbocycles. The Kier molecular flexibility index (Phi) is 7.54. The number of carbonyl (C=O) groups is 1. The number of nitrogen functional groups attached to an aromatic ring is 1. The summed E-state index contributed by atoms with van der Waals surface area (Å²) in [6.07, 6.45) is 5.55. The van der Waals surface area contributed by atoms with Crippen molar-refractivity contribution in [1.82, 2.24) is 5.32 Å². The summed E-state index contributed by atoms with van der Waals surface area (Å²) in [7, 11) is 1.69. The zero-order valence-corrected chi connectivity index (χ0v) is 13.4. The number of carbonyl (C=O) groups excluding carboxylic acids is 1. The molecule has 0 aromatic heterocycles. The molecule has 0 bridgehead atoms. The molecule has 0 saturated carbocycles. The molecule has 1 atom stereocenters. The van der Waals surface area contributed by atoms with E-state index < -0.39 is 0 Å². The molecule has 0 spiro atoms. The van der Waals surface area contributed by atoms with Gasteiger partial charge in [-0.25, -0.2) is 0 Å². The first-order valence-corrected chi connectivity index (χ1v) is 7.37. The van der Waals surface area contributed by atoms with Crippen LogP contribution in [0.2, 0.25) is 0 Å². The number of amides is 1. The Hall–Kier alpha value is -1.26. The van der Waals surface area contributed by atoms with Gasteiger partial charge in [-0.15, -0.1) is 12.4 Å². The van der Waals surface area contributed by atoms with E-state index >= 15 is 0 Å². The lowest BCUT2D eigenvalue weighted by Crippen LogP contribution is -2.30. The van der Waals surface area contributed by atoms with Gasteiger partial charge in [0.1, 0.15) is 0 Å². The third-order valence-electron chi connectivity index (χ3n) is 3.82. The summed E-state index contributed by atoms with van der Waals surface area (Å²) in [6, 6.07) is 6.16. The van der Waals surface area contributed by atoms with Crippen LogP contribution in [0.4, 0.5) is 5.69 Å². The van der Waals surface area contributed by atoms with Crippen molar-refractivity contribution in [3.05, 3.63) is 29.3 Å². The van der Waals surface area contributed by atoms with Gasteiger partial charge in [0.05, 0.1) is 6.04 Å². The number of rotatable bonds is 6. The smallest absolute Gasteiger partial charge is 0.220 e. The zero-order chi connectivity index (χ0) is 14.4. The fourth-order valence-electron chi connectivity index (χ4n) is 2.78. The molecule has 1 aliphatic carbocycles. The fraction of sp³-hybridized carbons (Fsp3) is 0.562. The largest absolute Gasteiger partial charge is 0.399 e. The Bertz CT molecular complexity index is 466. The predicted octanol–water partition coefficient (Wildman–Crippen LogP) is 3.00. The van der Waals surface area contributed by atoms with Crippen LogP contribution in [0.3, 0.4) is 0 Å². The van der Waals surface area contributed by atoms with E-state index in [-0.39, 0.29) is 24.4 Å².